The highest BCUT2D eigenvalue weighted by atomic mass is 32.1. The third-order valence-corrected chi connectivity index (χ3v) is 3.39. The smallest absolute Gasteiger partial charge is 0.117 e. The van der Waals surface area contributed by atoms with Crippen molar-refractivity contribution in [1.82, 2.24) is 0 Å². The summed E-state index contributed by atoms with van der Waals surface area (Å²) in [5, 5.41) is 7.85. The van der Waals surface area contributed by atoms with E-state index in [2.05, 4.69) is 5.10 Å². The Labute approximate surface area is 84.3 Å². The minimum Gasteiger partial charge on any atom is -0.323 e. The molecule has 0 spiro atoms. The highest BCUT2D eigenvalue weighted by molar-refractivity contribution is 7.15. The Balaban J connectivity index is 2.42. The van der Waals surface area contributed by atoms with Crippen molar-refractivity contribution in [2.45, 2.75) is 0 Å². The maximum Gasteiger partial charge on any atom is 0.117 e. The minimum atomic E-state index is 0.880. The Morgan fingerprint density at radius 2 is 1.62 bits per heavy atom. The highest BCUT2D eigenvalue weighted by Gasteiger charge is 2.07. The van der Waals surface area contributed by atoms with Crippen LogP contribution in [0, 0.1) is 0 Å². The summed E-state index contributed by atoms with van der Waals surface area (Å²) < 4.78 is 0. The van der Waals surface area contributed by atoms with Gasteiger partial charge in [0.2, 0.25) is 0 Å². The number of rotatable bonds is 2. The Morgan fingerprint density at radius 1 is 1.08 bits per heavy atom. The molecule has 0 aliphatic rings. The molecule has 2 N–H and O–H groups in total. The molecule has 66 valence electrons. The van der Waals surface area contributed by atoms with Gasteiger partial charge in [-0.1, -0.05) is 12.1 Å². The third kappa shape index (κ3) is 1.64. The molecule has 0 bridgehead atoms. The normalized spacial score (nSPS) is 9.85. The predicted octanol–water partition coefficient (Wildman–Crippen LogP) is 2.52. The molecule has 0 radical (unpaired) electrons. The molecular weight excluding hydrogens is 200 g/mol. The lowest BCUT2D eigenvalue weighted by Gasteiger charge is -1.97. The van der Waals surface area contributed by atoms with Gasteiger partial charge >= 0.3 is 0 Å². The molecule has 0 aromatic carbocycles. The van der Waals surface area contributed by atoms with Crippen molar-refractivity contribution in [2.24, 2.45) is 10.9 Å². The maximum absolute atomic E-state index is 5.36. The van der Waals surface area contributed by atoms with Crippen LogP contribution in [0.25, 0.3) is 0 Å². The largest absolute Gasteiger partial charge is 0.323 e. The van der Waals surface area contributed by atoms with Crippen LogP contribution in [0.3, 0.4) is 0 Å². The van der Waals surface area contributed by atoms with Crippen molar-refractivity contribution >= 4 is 28.4 Å². The lowest BCUT2D eigenvalue weighted by Crippen LogP contribution is -2.01. The summed E-state index contributed by atoms with van der Waals surface area (Å²) in [6.45, 7) is 0. The first kappa shape index (κ1) is 8.47. The lowest BCUT2D eigenvalue weighted by atomic mass is 10.2. The van der Waals surface area contributed by atoms with Gasteiger partial charge < -0.3 is 5.84 Å². The average Bonchev–Trinajstić information content (AvgIpc) is 2.76. The molecule has 0 aliphatic carbocycles. The van der Waals surface area contributed by atoms with Gasteiger partial charge in [-0.05, 0) is 22.9 Å². The molecule has 2 aromatic rings. The van der Waals surface area contributed by atoms with Crippen LogP contribution in [-0.4, -0.2) is 5.71 Å². The number of thiophene rings is 2. The standard InChI is InChI=1S/C9H8N2S2/c10-11-9(7-3-1-5-12-7)8-4-2-6-13-8/h1-6H,10H2. The van der Waals surface area contributed by atoms with Gasteiger partial charge in [0, 0.05) is 0 Å². The molecule has 0 atom stereocenters. The molecule has 2 nitrogen and oxygen atoms in total. The molecule has 0 aliphatic heterocycles. The quantitative estimate of drug-likeness (QED) is 0.459. The fourth-order valence-corrected chi connectivity index (χ4v) is 2.61. The zero-order chi connectivity index (χ0) is 9.10. The van der Waals surface area contributed by atoms with E-state index < -0.39 is 0 Å². The van der Waals surface area contributed by atoms with E-state index in [1.807, 2.05) is 35.0 Å². The van der Waals surface area contributed by atoms with Crippen LogP contribution in [0.2, 0.25) is 0 Å². The molecule has 0 amide bonds. The predicted molar refractivity (Wildman–Crippen MR) is 58.5 cm³/mol. The van der Waals surface area contributed by atoms with Crippen LogP contribution in [0.15, 0.2) is 40.1 Å². The van der Waals surface area contributed by atoms with E-state index in [0.29, 0.717) is 0 Å². The van der Waals surface area contributed by atoms with E-state index in [1.165, 1.54) is 0 Å². The second kappa shape index (κ2) is 3.72. The molecule has 2 rings (SSSR count). The van der Waals surface area contributed by atoms with Gasteiger partial charge in [0.25, 0.3) is 0 Å². The van der Waals surface area contributed by atoms with Gasteiger partial charge in [0.1, 0.15) is 5.71 Å². The Kier molecular flexibility index (Phi) is 2.42. The highest BCUT2D eigenvalue weighted by Crippen LogP contribution is 2.18. The van der Waals surface area contributed by atoms with E-state index >= 15 is 0 Å². The molecular formula is C9H8N2S2. The van der Waals surface area contributed by atoms with Crippen molar-refractivity contribution in [1.29, 1.82) is 0 Å². The van der Waals surface area contributed by atoms with Crippen molar-refractivity contribution in [3.05, 3.63) is 44.8 Å². The summed E-state index contributed by atoms with van der Waals surface area (Å²) >= 11 is 3.30. The maximum atomic E-state index is 5.36. The van der Waals surface area contributed by atoms with Crippen molar-refractivity contribution in [3.63, 3.8) is 0 Å². The van der Waals surface area contributed by atoms with Gasteiger partial charge in [0.15, 0.2) is 0 Å². The summed E-state index contributed by atoms with van der Waals surface area (Å²) in [7, 11) is 0. The first-order chi connectivity index (χ1) is 6.42. The van der Waals surface area contributed by atoms with Gasteiger partial charge in [0.05, 0.1) is 9.75 Å². The van der Waals surface area contributed by atoms with Crippen LogP contribution in [0.5, 0.6) is 0 Å². The first-order valence-electron chi connectivity index (χ1n) is 3.77. The molecule has 2 heterocycles. The number of hydrogen-bond acceptors (Lipinski definition) is 4. The molecule has 2 aromatic heterocycles. The van der Waals surface area contributed by atoms with Crippen LogP contribution < -0.4 is 5.84 Å². The van der Waals surface area contributed by atoms with Crippen molar-refractivity contribution < 1.29 is 0 Å². The minimum absolute atomic E-state index is 0.880. The monoisotopic (exact) mass is 208 g/mol. The second-order valence-electron chi connectivity index (χ2n) is 2.43. The number of nitrogens with two attached hydrogens (primary N) is 1. The molecule has 0 saturated carbocycles. The molecule has 13 heavy (non-hydrogen) atoms. The van der Waals surface area contributed by atoms with Crippen molar-refractivity contribution in [2.75, 3.05) is 0 Å². The lowest BCUT2D eigenvalue weighted by molar-refractivity contribution is 1.25. The Bertz CT molecular complexity index is 351. The van der Waals surface area contributed by atoms with Gasteiger partial charge in [-0.15, -0.1) is 22.7 Å². The number of nitrogens with zero attached hydrogens (tertiary/aromatic N) is 1. The molecule has 0 saturated heterocycles. The fourth-order valence-electron chi connectivity index (χ4n) is 1.08. The molecule has 4 heteroatoms. The van der Waals surface area contributed by atoms with Crippen LogP contribution >= 0.6 is 22.7 Å². The van der Waals surface area contributed by atoms with Crippen LogP contribution in [0.4, 0.5) is 0 Å². The van der Waals surface area contributed by atoms with Crippen LogP contribution in [-0.2, 0) is 0 Å². The van der Waals surface area contributed by atoms with E-state index in [-0.39, 0.29) is 0 Å². The fraction of sp³-hybridized carbons (Fsp3) is 0. The summed E-state index contributed by atoms with van der Waals surface area (Å²) in [4.78, 5) is 2.23. The Morgan fingerprint density at radius 3 is 1.92 bits per heavy atom. The Hall–Kier alpha value is -1.13. The topological polar surface area (TPSA) is 38.4 Å². The van der Waals surface area contributed by atoms with E-state index in [0.717, 1.165) is 15.5 Å². The summed E-state index contributed by atoms with van der Waals surface area (Å²) in [5.41, 5.74) is 0.880. The summed E-state index contributed by atoms with van der Waals surface area (Å²) in [6.07, 6.45) is 0. The molecule has 0 fully saturated rings. The van der Waals surface area contributed by atoms with E-state index in [9.17, 15) is 0 Å². The number of hydrogen-bond donors (Lipinski definition) is 1. The first-order valence-corrected chi connectivity index (χ1v) is 5.53. The van der Waals surface area contributed by atoms with Gasteiger partial charge in [-0.2, -0.15) is 5.10 Å². The van der Waals surface area contributed by atoms with E-state index in [4.69, 9.17) is 5.84 Å². The van der Waals surface area contributed by atoms with E-state index in [1.54, 1.807) is 22.7 Å². The third-order valence-electron chi connectivity index (χ3n) is 1.64. The summed E-state index contributed by atoms with van der Waals surface area (Å²) in [6, 6.07) is 8.05. The zero-order valence-corrected chi connectivity index (χ0v) is 8.44. The van der Waals surface area contributed by atoms with Gasteiger partial charge in [-0.3, -0.25) is 0 Å². The number of hydrazone groups is 1. The van der Waals surface area contributed by atoms with Gasteiger partial charge in [-0.25, -0.2) is 0 Å². The average molecular weight is 208 g/mol. The van der Waals surface area contributed by atoms with Crippen LogP contribution in [0.1, 0.15) is 9.75 Å². The summed E-state index contributed by atoms with van der Waals surface area (Å²) in [5.74, 6) is 5.36. The SMILES string of the molecule is NN=C(c1cccs1)c1cccs1. The molecule has 0 unspecified atom stereocenters. The zero-order valence-electron chi connectivity index (χ0n) is 6.81. The second-order valence-corrected chi connectivity index (χ2v) is 4.33. The van der Waals surface area contributed by atoms with Crippen molar-refractivity contribution in [3.8, 4) is 0 Å².